The molecule has 1 saturated heterocycles. The molecule has 1 amide bonds. The second-order valence-electron chi connectivity index (χ2n) is 7.79. The molecule has 1 aliphatic heterocycles. The molecule has 0 radical (unpaired) electrons. The monoisotopic (exact) mass is 386 g/mol. The molecule has 0 saturated carbocycles. The maximum Gasteiger partial charge on any atom is 0.227 e. The molecule has 5 heteroatoms. The lowest BCUT2D eigenvalue weighted by Gasteiger charge is -2.28. The van der Waals surface area contributed by atoms with E-state index in [9.17, 15) is 4.79 Å². The number of carbonyl (C=O) groups is 1. The minimum absolute atomic E-state index is 0.129. The van der Waals surface area contributed by atoms with E-state index in [0.29, 0.717) is 0 Å². The smallest absolute Gasteiger partial charge is 0.227 e. The summed E-state index contributed by atoms with van der Waals surface area (Å²) in [4.78, 5) is 23.5. The highest BCUT2D eigenvalue weighted by Crippen LogP contribution is 2.35. The van der Waals surface area contributed by atoms with Crippen molar-refractivity contribution in [1.82, 2.24) is 20.2 Å². The Kier molecular flexibility index (Phi) is 5.67. The third-order valence-electron chi connectivity index (χ3n) is 5.78. The molecule has 4 rings (SSSR count). The van der Waals surface area contributed by atoms with E-state index in [1.54, 1.807) is 25.6 Å². The van der Waals surface area contributed by atoms with Gasteiger partial charge >= 0.3 is 0 Å². The fourth-order valence-electron chi connectivity index (χ4n) is 4.27. The number of nitrogens with zero attached hydrogens (tertiary/aromatic N) is 3. The third kappa shape index (κ3) is 4.35. The molecular formula is C24H26N4O. The van der Waals surface area contributed by atoms with Crippen molar-refractivity contribution in [1.29, 1.82) is 0 Å². The highest BCUT2D eigenvalue weighted by molar-refractivity contribution is 5.83. The Hall–Kier alpha value is -3.05. The van der Waals surface area contributed by atoms with Crippen LogP contribution in [0.2, 0.25) is 0 Å². The third-order valence-corrected chi connectivity index (χ3v) is 5.78. The molecule has 29 heavy (non-hydrogen) atoms. The molecule has 1 aliphatic rings. The predicted octanol–water partition coefficient (Wildman–Crippen LogP) is 3.32. The van der Waals surface area contributed by atoms with Crippen molar-refractivity contribution in [3.63, 3.8) is 0 Å². The van der Waals surface area contributed by atoms with Crippen molar-refractivity contribution in [3.05, 3.63) is 84.4 Å². The van der Waals surface area contributed by atoms with Gasteiger partial charge in [-0.25, -0.2) is 0 Å². The van der Waals surface area contributed by atoms with Crippen molar-refractivity contribution in [2.45, 2.75) is 19.4 Å². The number of amides is 1. The van der Waals surface area contributed by atoms with Crippen LogP contribution in [-0.2, 0) is 17.8 Å². The number of aromatic nitrogens is 2. The van der Waals surface area contributed by atoms with E-state index in [2.05, 4.69) is 50.5 Å². The lowest BCUT2D eigenvalue weighted by molar-refractivity contribution is -0.130. The fourth-order valence-corrected chi connectivity index (χ4v) is 4.27. The molecule has 5 nitrogen and oxygen atoms in total. The van der Waals surface area contributed by atoms with Gasteiger partial charge in [0.2, 0.25) is 5.91 Å². The largest absolute Gasteiger partial charge is 0.359 e. The van der Waals surface area contributed by atoms with E-state index < -0.39 is 5.41 Å². The maximum absolute atomic E-state index is 12.9. The van der Waals surface area contributed by atoms with Crippen LogP contribution in [0.25, 0.3) is 11.1 Å². The van der Waals surface area contributed by atoms with Gasteiger partial charge in [-0.05, 0) is 59.8 Å². The van der Waals surface area contributed by atoms with Gasteiger partial charge in [-0.15, -0.1) is 0 Å². The van der Waals surface area contributed by atoms with E-state index in [-0.39, 0.29) is 5.91 Å². The molecule has 0 aliphatic carbocycles. The highest BCUT2D eigenvalue weighted by atomic mass is 16.2. The van der Waals surface area contributed by atoms with E-state index in [1.807, 2.05) is 24.4 Å². The van der Waals surface area contributed by atoms with Crippen LogP contribution < -0.4 is 5.32 Å². The Bertz CT molecular complexity index is 944. The summed E-state index contributed by atoms with van der Waals surface area (Å²) in [5.41, 5.74) is 4.29. The van der Waals surface area contributed by atoms with Gasteiger partial charge < -0.3 is 5.32 Å². The van der Waals surface area contributed by atoms with Crippen molar-refractivity contribution >= 4 is 5.91 Å². The SMILES string of the molecule is CNC(=O)[C@@]1(Cc2ccc(-c3ccncc3)cc2)CCN(Cc2cccnc2)C1. The Balaban J connectivity index is 1.50. The Labute approximate surface area is 171 Å². The first-order valence-electron chi connectivity index (χ1n) is 10.0. The summed E-state index contributed by atoms with van der Waals surface area (Å²) < 4.78 is 0. The maximum atomic E-state index is 12.9. The summed E-state index contributed by atoms with van der Waals surface area (Å²) in [6.07, 6.45) is 8.90. The summed E-state index contributed by atoms with van der Waals surface area (Å²) in [5.74, 6) is 0.129. The lowest BCUT2D eigenvalue weighted by atomic mass is 9.79. The lowest BCUT2D eigenvalue weighted by Crippen LogP contribution is -2.43. The summed E-state index contributed by atoms with van der Waals surface area (Å²) in [5, 5.41) is 2.90. The Morgan fingerprint density at radius 3 is 2.45 bits per heavy atom. The van der Waals surface area contributed by atoms with Gasteiger partial charge in [0.25, 0.3) is 0 Å². The average molecular weight is 386 g/mol. The van der Waals surface area contributed by atoms with Gasteiger partial charge in [0.15, 0.2) is 0 Å². The van der Waals surface area contributed by atoms with Crippen LogP contribution in [0, 0.1) is 5.41 Å². The van der Waals surface area contributed by atoms with Gasteiger partial charge in [-0.2, -0.15) is 0 Å². The number of rotatable bonds is 6. The molecule has 0 spiro atoms. The number of benzene rings is 1. The van der Waals surface area contributed by atoms with E-state index in [1.165, 1.54) is 11.1 Å². The fraction of sp³-hybridized carbons (Fsp3) is 0.292. The molecule has 148 valence electrons. The molecule has 3 heterocycles. The molecule has 0 bridgehead atoms. The molecule has 1 N–H and O–H groups in total. The summed E-state index contributed by atoms with van der Waals surface area (Å²) in [7, 11) is 1.74. The molecule has 0 unspecified atom stereocenters. The first-order valence-corrected chi connectivity index (χ1v) is 10.0. The van der Waals surface area contributed by atoms with Gasteiger partial charge in [-0.3, -0.25) is 19.7 Å². The van der Waals surface area contributed by atoms with Crippen molar-refractivity contribution in [3.8, 4) is 11.1 Å². The first-order chi connectivity index (χ1) is 14.2. The quantitative estimate of drug-likeness (QED) is 0.706. The van der Waals surface area contributed by atoms with Crippen molar-refractivity contribution < 1.29 is 4.79 Å². The zero-order valence-corrected chi connectivity index (χ0v) is 16.7. The summed E-state index contributed by atoms with van der Waals surface area (Å²) in [6, 6.07) is 16.6. The van der Waals surface area contributed by atoms with E-state index in [0.717, 1.165) is 43.6 Å². The van der Waals surface area contributed by atoms with E-state index >= 15 is 0 Å². The number of carbonyl (C=O) groups excluding carboxylic acids is 1. The number of hydrogen-bond acceptors (Lipinski definition) is 4. The predicted molar refractivity (Wildman–Crippen MR) is 114 cm³/mol. The molecule has 1 fully saturated rings. The first kappa shape index (κ1) is 19.3. The Morgan fingerprint density at radius 1 is 1.00 bits per heavy atom. The average Bonchev–Trinajstić information content (AvgIpc) is 3.18. The van der Waals surface area contributed by atoms with Crippen molar-refractivity contribution in [2.75, 3.05) is 20.1 Å². The minimum Gasteiger partial charge on any atom is -0.359 e. The minimum atomic E-state index is -0.394. The second kappa shape index (κ2) is 8.53. The molecule has 1 atom stereocenters. The number of nitrogens with one attached hydrogen (secondary N) is 1. The van der Waals surface area contributed by atoms with Crippen LogP contribution in [-0.4, -0.2) is 40.9 Å². The number of hydrogen-bond donors (Lipinski definition) is 1. The topological polar surface area (TPSA) is 58.1 Å². The van der Waals surface area contributed by atoms with Gasteiger partial charge in [-0.1, -0.05) is 30.3 Å². The van der Waals surface area contributed by atoms with Crippen LogP contribution >= 0.6 is 0 Å². The van der Waals surface area contributed by atoms with Crippen LogP contribution in [0.3, 0.4) is 0 Å². The van der Waals surface area contributed by atoms with E-state index in [4.69, 9.17) is 0 Å². The normalized spacial score (nSPS) is 19.2. The highest BCUT2D eigenvalue weighted by Gasteiger charge is 2.43. The molecular weight excluding hydrogens is 360 g/mol. The summed E-state index contributed by atoms with van der Waals surface area (Å²) >= 11 is 0. The van der Waals surface area contributed by atoms with Gasteiger partial charge in [0.05, 0.1) is 5.41 Å². The van der Waals surface area contributed by atoms with Gasteiger partial charge in [0, 0.05) is 44.9 Å². The zero-order valence-electron chi connectivity index (χ0n) is 16.7. The molecule has 1 aromatic carbocycles. The number of likely N-dealkylation sites (tertiary alicyclic amines) is 1. The standard InChI is InChI=1S/C24H26N4O/c1-25-23(29)24(10-14-28(18-24)17-20-3-2-11-27-16-20)15-19-4-6-21(7-5-19)22-8-12-26-13-9-22/h2-9,11-13,16H,10,14-15,17-18H2,1H3,(H,25,29)/t24-/m1/s1. The zero-order chi connectivity index (χ0) is 20.1. The van der Waals surface area contributed by atoms with Crippen LogP contribution in [0.15, 0.2) is 73.3 Å². The van der Waals surface area contributed by atoms with Crippen LogP contribution in [0.5, 0.6) is 0 Å². The van der Waals surface area contributed by atoms with Crippen LogP contribution in [0.4, 0.5) is 0 Å². The second-order valence-corrected chi connectivity index (χ2v) is 7.79. The number of pyridine rings is 2. The molecule has 2 aromatic heterocycles. The van der Waals surface area contributed by atoms with Crippen LogP contribution in [0.1, 0.15) is 17.5 Å². The Morgan fingerprint density at radius 2 is 1.76 bits per heavy atom. The summed E-state index contributed by atoms with van der Waals surface area (Å²) in [6.45, 7) is 2.50. The van der Waals surface area contributed by atoms with Gasteiger partial charge in [0.1, 0.15) is 0 Å². The van der Waals surface area contributed by atoms with Crippen molar-refractivity contribution in [2.24, 2.45) is 5.41 Å². The molecule has 3 aromatic rings.